The van der Waals surface area contributed by atoms with E-state index in [1.165, 1.54) is 4.57 Å². The number of benzene rings is 2. The van der Waals surface area contributed by atoms with Crippen LogP contribution in [0.5, 0.6) is 0 Å². The summed E-state index contributed by atoms with van der Waals surface area (Å²) in [6.07, 6.45) is 3.73. The maximum Gasteiger partial charge on any atom is 0.281 e. The Morgan fingerprint density at radius 1 is 1.12 bits per heavy atom. The number of hydrogen-bond donors (Lipinski definition) is 2. The van der Waals surface area contributed by atoms with Gasteiger partial charge in [-0.25, -0.2) is 9.97 Å². The second kappa shape index (κ2) is 8.12. The van der Waals surface area contributed by atoms with Gasteiger partial charge in [0.05, 0.1) is 23.4 Å². The van der Waals surface area contributed by atoms with Crippen LogP contribution in [0.3, 0.4) is 0 Å². The van der Waals surface area contributed by atoms with Gasteiger partial charge < -0.3 is 11.1 Å². The van der Waals surface area contributed by atoms with Crippen LogP contribution >= 0.6 is 0 Å². The molecule has 0 aliphatic heterocycles. The van der Waals surface area contributed by atoms with Crippen LogP contribution < -0.4 is 11.1 Å². The van der Waals surface area contributed by atoms with Crippen molar-refractivity contribution >= 4 is 39.4 Å². The Morgan fingerprint density at radius 3 is 2.47 bits per heavy atom. The second-order valence-electron chi connectivity index (χ2n) is 8.05. The number of amides is 1. The van der Waals surface area contributed by atoms with Crippen LogP contribution in [0.1, 0.15) is 36.3 Å². The molecule has 1 amide bonds. The van der Waals surface area contributed by atoms with Crippen LogP contribution in [0.2, 0.25) is 0 Å². The summed E-state index contributed by atoms with van der Waals surface area (Å²) >= 11 is 0. The summed E-state index contributed by atoms with van der Waals surface area (Å²) in [4.78, 5) is 34.6. The maximum absolute atomic E-state index is 13.4. The van der Waals surface area contributed by atoms with Crippen molar-refractivity contribution in [2.45, 2.75) is 25.7 Å². The molecule has 2 heterocycles. The standard InChI is InChI=1S/C24H22N6O2/c1-24(2,22(32)27-11-5-10-25)17-8-9-19-18(12-17)20(29-23(26)28-19)21(31)30-13-15-6-3-4-7-16(15)14-30/h3-4,6-9,12-14H,5,11H2,1-2H3,(H,27,32)(H2,26,28,29). The lowest BCUT2D eigenvalue weighted by Crippen LogP contribution is -2.40. The number of nitrogens with two attached hydrogens (primary N) is 1. The van der Waals surface area contributed by atoms with E-state index in [-0.39, 0.29) is 36.4 Å². The molecule has 0 fully saturated rings. The van der Waals surface area contributed by atoms with Gasteiger partial charge in [-0.05, 0) is 42.3 Å². The van der Waals surface area contributed by atoms with E-state index in [2.05, 4.69) is 15.3 Å². The molecule has 4 rings (SSSR count). The SMILES string of the molecule is CC(C)(C(=O)NCCC#N)c1ccc2nc(N)nc(C(=O)n3cc4ccccc4c3)c2c1. The molecule has 2 aromatic heterocycles. The third kappa shape index (κ3) is 3.76. The Labute approximate surface area is 184 Å². The van der Waals surface area contributed by atoms with E-state index < -0.39 is 5.41 Å². The smallest absolute Gasteiger partial charge is 0.281 e. The molecular formula is C24H22N6O2. The highest BCUT2D eigenvalue weighted by molar-refractivity contribution is 6.07. The summed E-state index contributed by atoms with van der Waals surface area (Å²) in [6, 6.07) is 15.0. The highest BCUT2D eigenvalue weighted by Crippen LogP contribution is 2.29. The molecule has 0 atom stereocenters. The van der Waals surface area contributed by atoms with E-state index in [1.54, 1.807) is 44.4 Å². The minimum Gasteiger partial charge on any atom is -0.368 e. The summed E-state index contributed by atoms with van der Waals surface area (Å²) in [5.74, 6) is -0.555. The van der Waals surface area contributed by atoms with Crippen molar-refractivity contribution in [1.82, 2.24) is 19.9 Å². The molecule has 0 radical (unpaired) electrons. The maximum atomic E-state index is 13.4. The Balaban J connectivity index is 1.78. The predicted octanol–water partition coefficient (Wildman–Crippen LogP) is 3.16. The van der Waals surface area contributed by atoms with Gasteiger partial charge in [0.1, 0.15) is 5.69 Å². The van der Waals surface area contributed by atoms with Crippen molar-refractivity contribution in [3.8, 4) is 6.07 Å². The lowest BCUT2D eigenvalue weighted by molar-refractivity contribution is -0.125. The van der Waals surface area contributed by atoms with Gasteiger partial charge in [0, 0.05) is 24.3 Å². The van der Waals surface area contributed by atoms with Gasteiger partial charge in [0.15, 0.2) is 0 Å². The number of nitrogen functional groups attached to an aromatic ring is 1. The molecule has 0 aliphatic carbocycles. The fourth-order valence-electron chi connectivity index (χ4n) is 3.60. The van der Waals surface area contributed by atoms with Crippen LogP contribution in [-0.2, 0) is 10.2 Å². The van der Waals surface area contributed by atoms with Gasteiger partial charge in [-0.1, -0.05) is 30.3 Å². The minimum atomic E-state index is -0.895. The zero-order valence-electron chi connectivity index (χ0n) is 17.8. The molecule has 3 N–H and O–H groups in total. The number of rotatable bonds is 5. The zero-order chi connectivity index (χ0) is 22.9. The summed E-state index contributed by atoms with van der Waals surface area (Å²) < 4.78 is 1.48. The minimum absolute atomic E-state index is 0.00109. The van der Waals surface area contributed by atoms with Crippen molar-refractivity contribution in [2.24, 2.45) is 0 Å². The van der Waals surface area contributed by atoms with E-state index in [4.69, 9.17) is 11.0 Å². The summed E-state index contributed by atoms with van der Waals surface area (Å²) in [7, 11) is 0. The highest BCUT2D eigenvalue weighted by atomic mass is 16.2. The number of nitriles is 1. The van der Waals surface area contributed by atoms with Gasteiger partial charge in [-0.2, -0.15) is 5.26 Å². The quantitative estimate of drug-likeness (QED) is 0.472. The molecule has 0 bridgehead atoms. The van der Waals surface area contributed by atoms with E-state index in [0.717, 1.165) is 10.8 Å². The third-order valence-electron chi connectivity index (χ3n) is 5.51. The Morgan fingerprint density at radius 2 is 1.81 bits per heavy atom. The molecule has 8 nitrogen and oxygen atoms in total. The number of fused-ring (bicyclic) bond motifs is 2. The monoisotopic (exact) mass is 426 g/mol. The van der Waals surface area contributed by atoms with Crippen molar-refractivity contribution in [2.75, 3.05) is 12.3 Å². The number of nitrogens with one attached hydrogen (secondary N) is 1. The van der Waals surface area contributed by atoms with E-state index in [0.29, 0.717) is 16.5 Å². The van der Waals surface area contributed by atoms with Crippen molar-refractivity contribution in [3.05, 3.63) is 66.1 Å². The van der Waals surface area contributed by atoms with Gasteiger partial charge in [-0.15, -0.1) is 0 Å². The van der Waals surface area contributed by atoms with Crippen LogP contribution in [0.25, 0.3) is 21.7 Å². The molecule has 4 aromatic rings. The number of carbonyl (C=O) groups excluding carboxylic acids is 2. The normalized spacial score (nSPS) is 11.4. The summed E-state index contributed by atoms with van der Waals surface area (Å²) in [5, 5.41) is 13.9. The first-order valence-corrected chi connectivity index (χ1v) is 10.2. The Hall–Kier alpha value is -4.25. The summed E-state index contributed by atoms with van der Waals surface area (Å²) in [6.45, 7) is 3.85. The molecule has 0 unspecified atom stereocenters. The Bertz CT molecular complexity index is 1360. The third-order valence-corrected chi connectivity index (χ3v) is 5.51. The molecule has 0 saturated heterocycles. The topological polar surface area (TPSA) is 127 Å². The van der Waals surface area contributed by atoms with Crippen LogP contribution in [0.4, 0.5) is 5.95 Å². The molecular weight excluding hydrogens is 404 g/mol. The molecule has 160 valence electrons. The van der Waals surface area contributed by atoms with Gasteiger partial charge in [0.25, 0.3) is 5.91 Å². The van der Waals surface area contributed by atoms with Gasteiger partial charge in [-0.3, -0.25) is 14.2 Å². The molecule has 2 aromatic carbocycles. The van der Waals surface area contributed by atoms with Crippen molar-refractivity contribution in [3.63, 3.8) is 0 Å². The largest absolute Gasteiger partial charge is 0.368 e. The number of aromatic nitrogens is 3. The first-order chi connectivity index (χ1) is 15.3. The number of hydrogen-bond acceptors (Lipinski definition) is 6. The van der Waals surface area contributed by atoms with Gasteiger partial charge >= 0.3 is 0 Å². The lowest BCUT2D eigenvalue weighted by atomic mass is 9.83. The average Bonchev–Trinajstić information content (AvgIpc) is 3.22. The van der Waals surface area contributed by atoms with Crippen LogP contribution in [0.15, 0.2) is 54.9 Å². The van der Waals surface area contributed by atoms with Crippen molar-refractivity contribution < 1.29 is 9.59 Å². The van der Waals surface area contributed by atoms with E-state index >= 15 is 0 Å². The fraction of sp³-hybridized carbons (Fsp3) is 0.208. The molecule has 32 heavy (non-hydrogen) atoms. The van der Waals surface area contributed by atoms with Crippen molar-refractivity contribution in [1.29, 1.82) is 5.26 Å². The van der Waals surface area contributed by atoms with Crippen LogP contribution in [0, 0.1) is 11.3 Å². The first-order valence-electron chi connectivity index (χ1n) is 10.2. The fourth-order valence-corrected chi connectivity index (χ4v) is 3.60. The van der Waals surface area contributed by atoms with Gasteiger partial charge in [0.2, 0.25) is 11.9 Å². The average molecular weight is 426 g/mol. The predicted molar refractivity (Wildman–Crippen MR) is 122 cm³/mol. The van der Waals surface area contributed by atoms with E-state index in [1.807, 2.05) is 30.3 Å². The van der Waals surface area contributed by atoms with Crippen LogP contribution in [-0.4, -0.2) is 32.9 Å². The first kappa shape index (κ1) is 21.0. The molecule has 0 saturated carbocycles. The number of nitrogens with zero attached hydrogens (tertiary/aromatic N) is 4. The number of carbonyl (C=O) groups is 2. The molecule has 8 heteroatoms. The second-order valence-corrected chi connectivity index (χ2v) is 8.05. The summed E-state index contributed by atoms with van der Waals surface area (Å²) in [5.41, 5.74) is 6.36. The number of anilines is 1. The van der Waals surface area contributed by atoms with E-state index in [9.17, 15) is 9.59 Å². The zero-order valence-corrected chi connectivity index (χ0v) is 17.8. The molecule has 0 spiro atoms. The Kier molecular flexibility index (Phi) is 5.33. The highest BCUT2D eigenvalue weighted by Gasteiger charge is 2.30. The molecule has 0 aliphatic rings. The lowest BCUT2D eigenvalue weighted by Gasteiger charge is -2.24.